The number of benzene rings is 3. The number of nitrogen functional groups attached to an aromatic ring is 2. The minimum absolute atomic E-state index is 0.652. The van der Waals surface area contributed by atoms with Gasteiger partial charge in [0, 0.05) is 0 Å². The molecule has 4 N–H and O–H groups in total. The van der Waals surface area contributed by atoms with E-state index in [9.17, 15) is 39.5 Å². The number of rotatable bonds is 4. The summed E-state index contributed by atoms with van der Waals surface area (Å²) in [5, 5.41) is 0. The number of hydrogen-bond acceptors (Lipinski definition) is 4. The van der Waals surface area contributed by atoms with Crippen molar-refractivity contribution in [3.05, 3.63) is 70.8 Å². The Morgan fingerprint density at radius 2 is 0.882 bits per heavy atom. The molecule has 0 bridgehead atoms. The van der Waals surface area contributed by atoms with Crippen molar-refractivity contribution in [3.8, 4) is 23.0 Å². The molecule has 3 rings (SSSR count). The van der Waals surface area contributed by atoms with E-state index in [0.717, 1.165) is 24.3 Å². The molecule has 0 aliphatic carbocycles. The van der Waals surface area contributed by atoms with Gasteiger partial charge in [-0.2, -0.15) is 30.7 Å². The summed E-state index contributed by atoms with van der Waals surface area (Å²) >= 11 is 0. The second-order valence-corrected chi connectivity index (χ2v) is 6.55. The highest BCUT2D eigenvalue weighted by molar-refractivity contribution is 5.56. The van der Waals surface area contributed by atoms with Gasteiger partial charge in [0.1, 0.15) is 11.1 Å². The number of hydrogen-bond donors (Lipinski definition) is 2. The van der Waals surface area contributed by atoms with Crippen LogP contribution in [0.5, 0.6) is 23.0 Å². The predicted octanol–water partition coefficient (Wildman–Crippen LogP) is 7.03. The minimum atomic E-state index is -5.96. The fourth-order valence-corrected chi connectivity index (χ4v) is 2.78. The molecule has 3 aromatic rings. The van der Waals surface area contributed by atoms with Crippen molar-refractivity contribution in [1.82, 2.24) is 0 Å². The molecule has 0 saturated carbocycles. The fraction of sp³-hybridized carbons (Fsp3) is 0.100. The van der Waals surface area contributed by atoms with E-state index in [2.05, 4.69) is 9.47 Å². The van der Waals surface area contributed by atoms with Crippen molar-refractivity contribution < 1.29 is 53.4 Å². The van der Waals surface area contributed by atoms with Crippen molar-refractivity contribution in [1.29, 1.82) is 0 Å². The molecule has 0 atom stereocenters. The van der Waals surface area contributed by atoms with Crippen molar-refractivity contribution in [2.75, 3.05) is 11.5 Å². The lowest BCUT2D eigenvalue weighted by atomic mass is 10.0. The summed E-state index contributed by atoms with van der Waals surface area (Å²) in [5.41, 5.74) is 3.41. The molecule has 14 heteroatoms. The Morgan fingerprint density at radius 1 is 0.529 bits per heavy atom. The Labute approximate surface area is 183 Å². The summed E-state index contributed by atoms with van der Waals surface area (Å²) in [6.45, 7) is 0. The zero-order valence-corrected chi connectivity index (χ0v) is 16.2. The van der Waals surface area contributed by atoms with Crippen LogP contribution in [0.15, 0.2) is 36.4 Å². The van der Waals surface area contributed by atoms with E-state index in [1.165, 1.54) is 0 Å². The lowest BCUT2D eigenvalue weighted by molar-refractivity contribution is -0.149. The molecular formula is C20H10F10N2O2. The number of ether oxygens (including phenoxy) is 2. The minimum Gasteiger partial charge on any atom is -0.450 e. The summed E-state index contributed by atoms with van der Waals surface area (Å²) in [5.74, 6) is -15.4. The zero-order valence-electron chi connectivity index (χ0n) is 16.2. The van der Waals surface area contributed by atoms with E-state index < -0.39 is 81.1 Å². The Hall–Kier alpha value is -3.84. The van der Waals surface area contributed by atoms with Gasteiger partial charge in [-0.25, -0.2) is 13.2 Å². The molecule has 0 heterocycles. The van der Waals surface area contributed by atoms with Crippen LogP contribution < -0.4 is 20.9 Å². The van der Waals surface area contributed by atoms with Gasteiger partial charge in [-0.3, -0.25) is 0 Å². The van der Waals surface area contributed by atoms with Crippen LogP contribution in [0.3, 0.4) is 0 Å². The first-order valence-electron chi connectivity index (χ1n) is 8.77. The molecule has 0 aliphatic rings. The van der Waals surface area contributed by atoms with Gasteiger partial charge in [-0.05, 0) is 24.3 Å². The Kier molecular flexibility index (Phi) is 6.20. The summed E-state index contributed by atoms with van der Waals surface area (Å²) in [7, 11) is 0. The monoisotopic (exact) mass is 500 g/mol. The number of nitrogens with two attached hydrogens (primary N) is 2. The topological polar surface area (TPSA) is 70.5 Å². The SMILES string of the molecule is Nc1cccc(Oc2c(F)c(Oc3cccc(N)c3F)c(C(F)(F)F)c(F)c2C(F)(F)F)c1F. The highest BCUT2D eigenvalue weighted by Gasteiger charge is 2.49. The third-order valence-corrected chi connectivity index (χ3v) is 4.27. The number of anilines is 2. The van der Waals surface area contributed by atoms with Crippen LogP contribution in [-0.4, -0.2) is 0 Å². The Morgan fingerprint density at radius 3 is 1.21 bits per heavy atom. The summed E-state index contributed by atoms with van der Waals surface area (Å²) in [4.78, 5) is 0. The third-order valence-electron chi connectivity index (χ3n) is 4.27. The smallest absolute Gasteiger partial charge is 0.422 e. The van der Waals surface area contributed by atoms with E-state index in [-0.39, 0.29) is 0 Å². The molecule has 34 heavy (non-hydrogen) atoms. The Bertz CT molecular complexity index is 1160. The summed E-state index contributed by atoms with van der Waals surface area (Å²) in [6, 6.07) is 5.09. The van der Waals surface area contributed by atoms with E-state index in [4.69, 9.17) is 11.5 Å². The average Bonchev–Trinajstić information content (AvgIpc) is 2.70. The standard InChI is InChI=1S/C20H10F10N2O2/c21-13-7(31)3-1-5-9(13)33-17-11(19(25,26)27)15(23)12(20(28,29)30)18(16(17)24)34-10-6-2-4-8(32)14(10)22/h1-6H,31-32H2. The van der Waals surface area contributed by atoms with Gasteiger partial charge in [-0.15, -0.1) is 0 Å². The van der Waals surface area contributed by atoms with Gasteiger partial charge in [0.2, 0.25) is 5.82 Å². The first kappa shape index (κ1) is 24.8. The highest BCUT2D eigenvalue weighted by atomic mass is 19.4. The molecule has 0 aliphatic heterocycles. The quantitative estimate of drug-likeness (QED) is 0.298. The van der Waals surface area contributed by atoms with Crippen molar-refractivity contribution in [3.63, 3.8) is 0 Å². The molecule has 0 radical (unpaired) electrons. The van der Waals surface area contributed by atoms with Crippen LogP contribution in [0.2, 0.25) is 0 Å². The first-order chi connectivity index (χ1) is 15.6. The molecule has 182 valence electrons. The molecule has 0 unspecified atom stereocenters. The van der Waals surface area contributed by atoms with Gasteiger partial charge >= 0.3 is 12.4 Å². The summed E-state index contributed by atoms with van der Waals surface area (Å²) < 4.78 is 148. The van der Waals surface area contributed by atoms with Crippen LogP contribution in [0.4, 0.5) is 55.3 Å². The van der Waals surface area contributed by atoms with E-state index >= 15 is 4.39 Å². The second kappa shape index (κ2) is 8.50. The van der Waals surface area contributed by atoms with Crippen LogP contribution in [0, 0.1) is 23.3 Å². The van der Waals surface area contributed by atoms with Crippen molar-refractivity contribution >= 4 is 11.4 Å². The van der Waals surface area contributed by atoms with Crippen LogP contribution in [0.25, 0.3) is 0 Å². The largest absolute Gasteiger partial charge is 0.450 e. The van der Waals surface area contributed by atoms with Gasteiger partial charge in [-0.1, -0.05) is 12.1 Å². The molecule has 0 aromatic heterocycles. The Balaban J connectivity index is 2.38. The molecule has 0 saturated heterocycles. The second-order valence-electron chi connectivity index (χ2n) is 6.55. The molecule has 3 aromatic carbocycles. The molecule has 4 nitrogen and oxygen atoms in total. The molecule has 0 fully saturated rings. The van der Waals surface area contributed by atoms with E-state index in [1.807, 2.05) is 0 Å². The van der Waals surface area contributed by atoms with Crippen molar-refractivity contribution in [2.24, 2.45) is 0 Å². The lowest BCUT2D eigenvalue weighted by Crippen LogP contribution is -2.20. The van der Waals surface area contributed by atoms with Gasteiger partial charge < -0.3 is 20.9 Å². The first-order valence-corrected chi connectivity index (χ1v) is 8.77. The molecule has 0 amide bonds. The normalized spacial score (nSPS) is 12.1. The maximum atomic E-state index is 15.1. The van der Waals surface area contributed by atoms with Gasteiger partial charge in [0.25, 0.3) is 0 Å². The summed E-state index contributed by atoms with van der Waals surface area (Å²) in [6.07, 6.45) is -11.9. The number of halogens is 10. The van der Waals surface area contributed by atoms with Crippen LogP contribution in [0.1, 0.15) is 11.1 Å². The zero-order chi connectivity index (χ0) is 25.6. The molecular weight excluding hydrogens is 490 g/mol. The maximum absolute atomic E-state index is 15.1. The van der Waals surface area contributed by atoms with E-state index in [1.54, 1.807) is 0 Å². The maximum Gasteiger partial charge on any atom is 0.422 e. The number of alkyl halides is 6. The molecule has 0 spiro atoms. The van der Waals surface area contributed by atoms with Crippen molar-refractivity contribution in [2.45, 2.75) is 12.4 Å². The lowest BCUT2D eigenvalue weighted by Gasteiger charge is -2.22. The highest BCUT2D eigenvalue weighted by Crippen LogP contribution is 2.52. The third kappa shape index (κ3) is 4.47. The van der Waals surface area contributed by atoms with Crippen LogP contribution >= 0.6 is 0 Å². The van der Waals surface area contributed by atoms with Crippen LogP contribution in [-0.2, 0) is 12.4 Å². The fourth-order valence-electron chi connectivity index (χ4n) is 2.78. The predicted molar refractivity (Wildman–Crippen MR) is 98.1 cm³/mol. The van der Waals surface area contributed by atoms with Gasteiger partial charge in [0.15, 0.2) is 40.4 Å². The average molecular weight is 500 g/mol. The van der Waals surface area contributed by atoms with Gasteiger partial charge in [0.05, 0.1) is 11.4 Å². The van der Waals surface area contributed by atoms with E-state index in [0.29, 0.717) is 12.1 Å².